The number of fused-ring (bicyclic) bond motifs is 1. The summed E-state index contributed by atoms with van der Waals surface area (Å²) in [5, 5.41) is 0. The minimum Gasteiger partial charge on any atom is -0.493 e. The number of benzene rings is 3. The molecule has 0 spiro atoms. The molecular formula is C27H24O5. The average Bonchev–Trinajstić information content (AvgIpc) is 3.12. The van der Waals surface area contributed by atoms with E-state index in [1.165, 1.54) is 0 Å². The predicted molar refractivity (Wildman–Crippen MR) is 125 cm³/mol. The van der Waals surface area contributed by atoms with Gasteiger partial charge in [0.2, 0.25) is 5.78 Å². The molecule has 0 saturated heterocycles. The second-order valence-corrected chi connectivity index (χ2v) is 7.26. The molecular weight excluding hydrogens is 404 g/mol. The first kappa shape index (κ1) is 21.2. The summed E-state index contributed by atoms with van der Waals surface area (Å²) >= 11 is 0. The SMILES string of the molecule is COc1cccc(/C=C2\Oc3cc(OC/C=C/c4ccccc4)cc(C)c3C2=O)c1OC. The molecule has 1 aliphatic rings. The van der Waals surface area contributed by atoms with E-state index in [2.05, 4.69) is 0 Å². The summed E-state index contributed by atoms with van der Waals surface area (Å²) in [6, 6.07) is 19.1. The van der Waals surface area contributed by atoms with Crippen molar-refractivity contribution in [3.8, 4) is 23.0 Å². The molecule has 0 fully saturated rings. The monoisotopic (exact) mass is 428 g/mol. The topological polar surface area (TPSA) is 54.0 Å². The molecule has 0 N–H and O–H groups in total. The first-order valence-electron chi connectivity index (χ1n) is 10.2. The Bertz CT molecular complexity index is 1190. The number of rotatable bonds is 7. The van der Waals surface area contributed by atoms with E-state index in [4.69, 9.17) is 18.9 Å². The Morgan fingerprint density at radius 2 is 1.78 bits per heavy atom. The van der Waals surface area contributed by atoms with E-state index in [1.54, 1.807) is 32.4 Å². The molecule has 162 valence electrons. The second-order valence-electron chi connectivity index (χ2n) is 7.26. The van der Waals surface area contributed by atoms with E-state index in [1.807, 2.05) is 67.6 Å². The van der Waals surface area contributed by atoms with Gasteiger partial charge in [0.15, 0.2) is 17.3 Å². The van der Waals surface area contributed by atoms with E-state index in [0.29, 0.717) is 40.7 Å². The number of allylic oxidation sites excluding steroid dienone is 1. The van der Waals surface area contributed by atoms with E-state index < -0.39 is 0 Å². The van der Waals surface area contributed by atoms with Crippen LogP contribution in [-0.2, 0) is 0 Å². The van der Waals surface area contributed by atoms with Crippen LogP contribution in [0.5, 0.6) is 23.0 Å². The van der Waals surface area contributed by atoms with Crippen LogP contribution in [0.4, 0.5) is 0 Å². The largest absolute Gasteiger partial charge is 0.493 e. The predicted octanol–water partition coefficient (Wildman–Crippen LogP) is 5.72. The summed E-state index contributed by atoms with van der Waals surface area (Å²) in [4.78, 5) is 13.0. The minimum absolute atomic E-state index is 0.169. The molecule has 0 unspecified atom stereocenters. The van der Waals surface area contributed by atoms with Crippen LogP contribution in [0.15, 0.2) is 72.5 Å². The Labute approximate surface area is 187 Å². The van der Waals surface area contributed by atoms with Gasteiger partial charge in [0, 0.05) is 11.6 Å². The first-order valence-corrected chi connectivity index (χ1v) is 10.2. The molecule has 4 rings (SSSR count). The van der Waals surface area contributed by atoms with Crippen molar-refractivity contribution in [2.24, 2.45) is 0 Å². The van der Waals surface area contributed by atoms with E-state index in [9.17, 15) is 4.79 Å². The number of ether oxygens (including phenoxy) is 4. The Balaban J connectivity index is 1.53. The molecule has 1 aliphatic heterocycles. The zero-order chi connectivity index (χ0) is 22.5. The van der Waals surface area contributed by atoms with Gasteiger partial charge >= 0.3 is 0 Å². The van der Waals surface area contributed by atoms with Gasteiger partial charge in [0.25, 0.3) is 0 Å². The molecule has 0 saturated carbocycles. The van der Waals surface area contributed by atoms with Crippen molar-refractivity contribution in [2.45, 2.75) is 6.92 Å². The molecule has 5 heteroatoms. The lowest BCUT2D eigenvalue weighted by atomic mass is 10.0. The maximum Gasteiger partial charge on any atom is 0.232 e. The van der Waals surface area contributed by atoms with E-state index >= 15 is 0 Å². The van der Waals surface area contributed by atoms with Crippen molar-refractivity contribution >= 4 is 17.9 Å². The van der Waals surface area contributed by atoms with E-state index in [-0.39, 0.29) is 11.5 Å². The van der Waals surface area contributed by atoms with Crippen LogP contribution in [0, 0.1) is 6.92 Å². The van der Waals surface area contributed by atoms with Crippen LogP contribution in [-0.4, -0.2) is 26.6 Å². The number of ketones is 1. The molecule has 3 aromatic carbocycles. The quantitative estimate of drug-likeness (QED) is 0.451. The zero-order valence-corrected chi connectivity index (χ0v) is 18.3. The minimum atomic E-state index is -0.169. The average molecular weight is 428 g/mol. The van der Waals surface area contributed by atoms with Crippen LogP contribution in [0.3, 0.4) is 0 Å². The van der Waals surface area contributed by atoms with Gasteiger partial charge in [-0.2, -0.15) is 0 Å². The lowest BCUT2D eigenvalue weighted by Crippen LogP contribution is -2.01. The Morgan fingerprint density at radius 1 is 0.969 bits per heavy atom. The maximum atomic E-state index is 13.0. The number of para-hydroxylation sites is 1. The molecule has 0 radical (unpaired) electrons. The Hall–Kier alpha value is -3.99. The molecule has 0 bridgehead atoms. The standard InChI is InChI=1S/C27H24O5/c1-18-15-21(31-14-8-11-19-9-5-4-6-10-19)17-23-25(18)26(28)24(32-23)16-20-12-7-13-22(29-2)27(20)30-3/h4-13,15-17H,14H2,1-3H3/b11-8+,24-16-. The van der Waals surface area contributed by atoms with Crippen LogP contribution in [0.2, 0.25) is 0 Å². The highest BCUT2D eigenvalue weighted by molar-refractivity contribution is 6.15. The lowest BCUT2D eigenvalue weighted by Gasteiger charge is -2.10. The number of Topliss-reactive ketones (excluding diaryl/α,β-unsaturated/α-hetero) is 1. The van der Waals surface area contributed by atoms with Gasteiger partial charge < -0.3 is 18.9 Å². The third kappa shape index (κ3) is 4.37. The Kier molecular flexibility index (Phi) is 6.26. The normalized spacial score (nSPS) is 13.8. The van der Waals surface area contributed by atoms with Gasteiger partial charge in [-0.3, -0.25) is 4.79 Å². The molecule has 32 heavy (non-hydrogen) atoms. The highest BCUT2D eigenvalue weighted by atomic mass is 16.5. The zero-order valence-electron chi connectivity index (χ0n) is 18.3. The van der Waals surface area contributed by atoms with Gasteiger partial charge in [-0.25, -0.2) is 0 Å². The van der Waals surface area contributed by atoms with Crippen molar-refractivity contribution < 1.29 is 23.7 Å². The number of hydrogen-bond acceptors (Lipinski definition) is 5. The fraction of sp³-hybridized carbons (Fsp3) is 0.148. The third-order valence-electron chi connectivity index (χ3n) is 5.12. The number of carbonyl (C=O) groups excluding carboxylic acids is 1. The highest BCUT2D eigenvalue weighted by Gasteiger charge is 2.30. The number of aryl methyl sites for hydroxylation is 1. The van der Waals surface area contributed by atoms with Crippen molar-refractivity contribution in [1.82, 2.24) is 0 Å². The lowest BCUT2D eigenvalue weighted by molar-refractivity contribution is 0.101. The van der Waals surface area contributed by atoms with Gasteiger partial charge in [0.1, 0.15) is 18.1 Å². The second kappa shape index (κ2) is 9.43. The molecule has 0 aromatic heterocycles. The highest BCUT2D eigenvalue weighted by Crippen LogP contribution is 2.39. The van der Waals surface area contributed by atoms with Crippen molar-refractivity contribution in [2.75, 3.05) is 20.8 Å². The fourth-order valence-corrected chi connectivity index (χ4v) is 3.62. The summed E-state index contributed by atoms with van der Waals surface area (Å²) in [7, 11) is 3.13. The number of methoxy groups -OCH3 is 2. The molecule has 5 nitrogen and oxygen atoms in total. The van der Waals surface area contributed by atoms with Gasteiger partial charge in [-0.05, 0) is 42.3 Å². The van der Waals surface area contributed by atoms with Crippen LogP contribution in [0.1, 0.15) is 27.0 Å². The van der Waals surface area contributed by atoms with Crippen LogP contribution >= 0.6 is 0 Å². The van der Waals surface area contributed by atoms with Gasteiger partial charge in [0.05, 0.1) is 19.8 Å². The number of hydrogen-bond donors (Lipinski definition) is 0. The Morgan fingerprint density at radius 3 is 2.53 bits per heavy atom. The summed E-state index contributed by atoms with van der Waals surface area (Å²) in [6.45, 7) is 2.28. The molecule has 0 atom stereocenters. The molecule has 1 heterocycles. The van der Waals surface area contributed by atoms with Crippen molar-refractivity contribution in [3.05, 3.63) is 94.8 Å². The first-order chi connectivity index (χ1) is 15.6. The molecule has 0 amide bonds. The summed E-state index contributed by atoms with van der Waals surface area (Å²) in [5.74, 6) is 2.33. The third-order valence-corrected chi connectivity index (χ3v) is 5.12. The maximum absolute atomic E-state index is 13.0. The smallest absolute Gasteiger partial charge is 0.232 e. The summed E-state index contributed by atoms with van der Waals surface area (Å²) < 4.78 is 22.6. The molecule has 0 aliphatic carbocycles. The fourth-order valence-electron chi connectivity index (χ4n) is 3.62. The van der Waals surface area contributed by atoms with Gasteiger partial charge in [-0.1, -0.05) is 48.5 Å². The van der Waals surface area contributed by atoms with Crippen molar-refractivity contribution in [1.29, 1.82) is 0 Å². The van der Waals surface area contributed by atoms with Crippen LogP contribution < -0.4 is 18.9 Å². The van der Waals surface area contributed by atoms with E-state index in [0.717, 1.165) is 11.1 Å². The molecule has 3 aromatic rings. The summed E-state index contributed by atoms with van der Waals surface area (Å²) in [6.07, 6.45) is 5.62. The van der Waals surface area contributed by atoms with Gasteiger partial charge in [-0.15, -0.1) is 0 Å². The summed E-state index contributed by atoms with van der Waals surface area (Å²) in [5.41, 5.74) is 3.15. The van der Waals surface area contributed by atoms with Crippen molar-refractivity contribution in [3.63, 3.8) is 0 Å². The number of carbonyl (C=O) groups is 1. The van der Waals surface area contributed by atoms with Crippen LogP contribution in [0.25, 0.3) is 12.2 Å².